The number of carbonyl (C=O) groups is 2. The Labute approximate surface area is 198 Å². The zero-order valence-electron chi connectivity index (χ0n) is 19.0. The van der Waals surface area contributed by atoms with E-state index in [1.165, 1.54) is 0 Å². The molecule has 1 N–H and O–H groups in total. The Morgan fingerprint density at radius 2 is 1.97 bits per heavy atom. The van der Waals surface area contributed by atoms with E-state index in [0.29, 0.717) is 39.3 Å². The van der Waals surface area contributed by atoms with Gasteiger partial charge in [0.15, 0.2) is 0 Å². The van der Waals surface area contributed by atoms with Crippen LogP contribution in [0.4, 0.5) is 4.79 Å². The number of amides is 3. The van der Waals surface area contributed by atoms with Crippen molar-refractivity contribution in [3.63, 3.8) is 0 Å². The van der Waals surface area contributed by atoms with Crippen LogP contribution in [0.5, 0.6) is 0 Å². The average Bonchev–Trinajstić information content (AvgIpc) is 3.53. The third-order valence-corrected chi connectivity index (χ3v) is 6.81. The van der Waals surface area contributed by atoms with Gasteiger partial charge in [-0.15, -0.1) is 11.3 Å². The lowest BCUT2D eigenvalue weighted by atomic mass is 10.0. The number of morpholine rings is 1. The van der Waals surface area contributed by atoms with Crippen molar-refractivity contribution in [3.05, 3.63) is 58.3 Å². The topological polar surface area (TPSA) is 77.5 Å². The largest absolute Gasteiger partial charge is 0.379 e. The summed E-state index contributed by atoms with van der Waals surface area (Å²) in [5, 5.41) is 11.2. The minimum Gasteiger partial charge on any atom is -0.379 e. The van der Waals surface area contributed by atoms with Gasteiger partial charge in [0.1, 0.15) is 6.54 Å². The Morgan fingerprint density at radius 1 is 1.18 bits per heavy atom. The first-order chi connectivity index (χ1) is 16.2. The third kappa shape index (κ3) is 5.98. The van der Waals surface area contributed by atoms with E-state index in [4.69, 9.17) is 9.84 Å². The summed E-state index contributed by atoms with van der Waals surface area (Å²) in [6, 6.07) is 13.6. The van der Waals surface area contributed by atoms with E-state index in [0.717, 1.165) is 29.2 Å². The molecule has 2 aliphatic rings. The number of hydrazone groups is 1. The van der Waals surface area contributed by atoms with Gasteiger partial charge in [-0.2, -0.15) is 5.10 Å². The molecule has 3 heterocycles. The molecule has 33 heavy (non-hydrogen) atoms. The highest BCUT2D eigenvalue weighted by molar-refractivity contribution is 7.12. The van der Waals surface area contributed by atoms with E-state index < -0.39 is 0 Å². The first-order valence-corrected chi connectivity index (χ1v) is 12.3. The maximum atomic E-state index is 13.5. The number of thiophene rings is 1. The first-order valence-electron chi connectivity index (χ1n) is 11.5. The van der Waals surface area contributed by atoms with Gasteiger partial charge < -0.3 is 15.0 Å². The number of nitrogens with zero attached hydrogens (tertiary/aromatic N) is 4. The number of hydrogen-bond acceptors (Lipinski definition) is 6. The third-order valence-electron chi connectivity index (χ3n) is 5.89. The summed E-state index contributed by atoms with van der Waals surface area (Å²) in [4.78, 5) is 31.1. The molecule has 0 bridgehead atoms. The van der Waals surface area contributed by atoms with E-state index in [9.17, 15) is 9.59 Å². The van der Waals surface area contributed by atoms with E-state index in [-0.39, 0.29) is 24.5 Å². The Kier molecular flexibility index (Phi) is 8.09. The Hall–Kier alpha value is -2.75. The summed E-state index contributed by atoms with van der Waals surface area (Å²) in [6.07, 6.45) is 0.658. The highest BCUT2D eigenvalue weighted by Crippen LogP contribution is 2.33. The van der Waals surface area contributed by atoms with Gasteiger partial charge >= 0.3 is 6.03 Å². The number of hydrogen-bond donors (Lipinski definition) is 1. The Morgan fingerprint density at radius 3 is 2.67 bits per heavy atom. The molecule has 2 aliphatic heterocycles. The van der Waals surface area contributed by atoms with Crippen molar-refractivity contribution in [3.8, 4) is 0 Å². The fraction of sp³-hybridized carbons (Fsp3) is 0.458. The van der Waals surface area contributed by atoms with Gasteiger partial charge in [-0.25, -0.2) is 9.80 Å². The van der Waals surface area contributed by atoms with E-state index in [1.807, 2.05) is 54.8 Å². The van der Waals surface area contributed by atoms with Gasteiger partial charge in [0, 0.05) is 39.1 Å². The Bertz CT molecular complexity index is 944. The molecule has 8 nitrogen and oxygen atoms in total. The van der Waals surface area contributed by atoms with Crippen LogP contribution < -0.4 is 5.32 Å². The van der Waals surface area contributed by atoms with Crippen molar-refractivity contribution in [2.24, 2.45) is 5.10 Å². The van der Waals surface area contributed by atoms with Crippen molar-refractivity contribution in [1.29, 1.82) is 0 Å². The van der Waals surface area contributed by atoms with Crippen LogP contribution in [0.3, 0.4) is 0 Å². The molecule has 0 aliphatic carbocycles. The van der Waals surface area contributed by atoms with Crippen LogP contribution in [-0.4, -0.2) is 84.9 Å². The molecule has 0 spiro atoms. The zero-order valence-corrected chi connectivity index (χ0v) is 19.8. The van der Waals surface area contributed by atoms with Crippen LogP contribution in [0.2, 0.25) is 0 Å². The number of carbonyl (C=O) groups excluding carboxylic acids is 2. The molecular formula is C24H31N5O3S. The molecule has 1 aromatic heterocycles. The highest BCUT2D eigenvalue weighted by Gasteiger charge is 2.34. The molecule has 0 radical (unpaired) electrons. The molecule has 3 amide bonds. The summed E-state index contributed by atoms with van der Waals surface area (Å²) in [5.74, 6) is -0.177. The summed E-state index contributed by atoms with van der Waals surface area (Å²) in [7, 11) is 0. The van der Waals surface area contributed by atoms with Crippen LogP contribution in [0.15, 0.2) is 52.9 Å². The SMILES string of the molecule is CCNC(=O)N(CCN1CCOCC1)CC(=O)N1N=C(c2cccs2)C[C@H]1c1ccccc1. The summed E-state index contributed by atoms with van der Waals surface area (Å²) < 4.78 is 5.41. The fourth-order valence-corrected chi connectivity index (χ4v) is 4.83. The molecule has 1 aromatic carbocycles. The van der Waals surface area contributed by atoms with Crippen LogP contribution in [-0.2, 0) is 9.53 Å². The minimum absolute atomic E-state index is 0.0132. The predicted octanol–water partition coefficient (Wildman–Crippen LogP) is 2.79. The van der Waals surface area contributed by atoms with Crippen molar-refractivity contribution >= 4 is 29.0 Å². The molecule has 1 atom stereocenters. The number of urea groups is 1. The van der Waals surface area contributed by atoms with Crippen LogP contribution in [0.1, 0.15) is 29.8 Å². The van der Waals surface area contributed by atoms with Crippen LogP contribution >= 0.6 is 11.3 Å². The quantitative estimate of drug-likeness (QED) is 0.645. The smallest absolute Gasteiger partial charge is 0.317 e. The molecular weight excluding hydrogens is 438 g/mol. The molecule has 9 heteroatoms. The molecule has 2 aromatic rings. The summed E-state index contributed by atoms with van der Waals surface area (Å²) >= 11 is 1.62. The normalized spacial score (nSPS) is 18.8. The maximum absolute atomic E-state index is 13.5. The van der Waals surface area contributed by atoms with E-state index in [2.05, 4.69) is 10.2 Å². The molecule has 0 unspecified atom stereocenters. The van der Waals surface area contributed by atoms with Crippen molar-refractivity contribution < 1.29 is 14.3 Å². The molecule has 0 saturated carbocycles. The van der Waals surface area contributed by atoms with Gasteiger partial charge in [0.2, 0.25) is 0 Å². The average molecular weight is 470 g/mol. The Balaban J connectivity index is 1.50. The van der Waals surface area contributed by atoms with Gasteiger partial charge in [0.25, 0.3) is 5.91 Å². The minimum atomic E-state index is -0.225. The van der Waals surface area contributed by atoms with Crippen molar-refractivity contribution in [1.82, 2.24) is 20.1 Å². The van der Waals surface area contributed by atoms with Crippen molar-refractivity contribution in [2.45, 2.75) is 19.4 Å². The van der Waals surface area contributed by atoms with E-state index in [1.54, 1.807) is 21.2 Å². The van der Waals surface area contributed by atoms with Gasteiger partial charge in [-0.1, -0.05) is 36.4 Å². The molecule has 176 valence electrons. The highest BCUT2D eigenvalue weighted by atomic mass is 32.1. The number of benzene rings is 1. The van der Waals surface area contributed by atoms with Crippen molar-refractivity contribution in [2.75, 3.05) is 52.5 Å². The second kappa shape index (κ2) is 11.4. The summed E-state index contributed by atoms with van der Waals surface area (Å²) in [5.41, 5.74) is 1.95. The predicted molar refractivity (Wildman–Crippen MR) is 129 cm³/mol. The lowest BCUT2D eigenvalue weighted by Crippen LogP contribution is -2.49. The monoisotopic (exact) mass is 469 g/mol. The summed E-state index contributed by atoms with van der Waals surface area (Å²) in [6.45, 7) is 6.64. The van der Waals surface area contributed by atoms with Gasteiger partial charge in [-0.05, 0) is 23.9 Å². The van der Waals surface area contributed by atoms with Crippen LogP contribution in [0.25, 0.3) is 0 Å². The fourth-order valence-electron chi connectivity index (χ4n) is 4.10. The molecule has 4 rings (SSSR count). The molecule has 1 saturated heterocycles. The van der Waals surface area contributed by atoms with Gasteiger partial charge in [-0.3, -0.25) is 9.69 Å². The zero-order chi connectivity index (χ0) is 23.0. The number of nitrogens with one attached hydrogen (secondary N) is 1. The van der Waals surface area contributed by atoms with Gasteiger partial charge in [0.05, 0.1) is 29.8 Å². The first kappa shape index (κ1) is 23.4. The lowest BCUT2D eigenvalue weighted by molar-refractivity contribution is -0.133. The lowest BCUT2D eigenvalue weighted by Gasteiger charge is -2.31. The number of rotatable bonds is 8. The number of ether oxygens (including phenoxy) is 1. The van der Waals surface area contributed by atoms with Crippen LogP contribution in [0, 0.1) is 0 Å². The second-order valence-electron chi connectivity index (χ2n) is 8.10. The maximum Gasteiger partial charge on any atom is 0.317 e. The van der Waals surface area contributed by atoms with E-state index >= 15 is 0 Å². The molecule has 1 fully saturated rings. The second-order valence-corrected chi connectivity index (χ2v) is 9.05. The standard InChI is InChI=1S/C24H31N5O3S/c1-2-25-24(31)28(11-10-27-12-14-32-15-13-27)18-23(30)29-21(19-7-4-3-5-8-19)17-20(26-29)22-9-6-16-33-22/h3-9,16,21H,2,10-15,17-18H2,1H3,(H,25,31)/t21-/m0/s1.